The van der Waals surface area contributed by atoms with Crippen molar-refractivity contribution >= 4 is 51.5 Å². The molecule has 0 aliphatic carbocycles. The molecule has 3 aromatic heterocycles. The van der Waals surface area contributed by atoms with Gasteiger partial charge in [0.05, 0.1) is 10.4 Å². The van der Waals surface area contributed by atoms with E-state index in [9.17, 15) is 4.79 Å². The van der Waals surface area contributed by atoms with Crippen molar-refractivity contribution in [2.75, 3.05) is 37.6 Å². The van der Waals surface area contributed by atoms with Crippen LogP contribution >= 0.6 is 22.9 Å². The van der Waals surface area contributed by atoms with E-state index in [1.807, 2.05) is 51.9 Å². The van der Waals surface area contributed by atoms with Gasteiger partial charge in [-0.05, 0) is 43.0 Å². The molecule has 1 aliphatic heterocycles. The summed E-state index contributed by atoms with van der Waals surface area (Å²) in [6.07, 6.45) is 0.852. The maximum absolute atomic E-state index is 12.3. The first-order valence-electron chi connectivity index (χ1n) is 10.3. The highest BCUT2D eigenvalue weighted by Gasteiger charge is 2.24. The molecule has 2 amide bonds. The second kappa shape index (κ2) is 8.32. The second-order valence-corrected chi connectivity index (χ2v) is 8.78. The SMILES string of the molecule is CCNC(=O)N1CCCN(c2nc3cc(Cl)ccc3c3nnc(-c4cccs4)n23)CC1. The number of benzene rings is 1. The number of hydrogen-bond donors (Lipinski definition) is 1. The first-order valence-corrected chi connectivity index (χ1v) is 11.6. The lowest BCUT2D eigenvalue weighted by atomic mass is 10.2. The Hall–Kier alpha value is -2.91. The van der Waals surface area contributed by atoms with E-state index in [0.717, 1.165) is 46.2 Å². The number of carbonyl (C=O) groups excluding carboxylic acids is 1. The Balaban J connectivity index is 1.62. The van der Waals surface area contributed by atoms with Gasteiger partial charge in [-0.2, -0.15) is 0 Å². The maximum Gasteiger partial charge on any atom is 0.317 e. The molecule has 0 unspecified atom stereocenters. The number of thiophene rings is 1. The van der Waals surface area contributed by atoms with Crippen LogP contribution in [0.4, 0.5) is 10.7 Å². The fourth-order valence-corrected chi connectivity index (χ4v) is 4.82. The molecule has 160 valence electrons. The Morgan fingerprint density at radius 1 is 1.19 bits per heavy atom. The number of nitrogens with one attached hydrogen (secondary N) is 1. The van der Waals surface area contributed by atoms with Crippen molar-refractivity contribution in [2.45, 2.75) is 13.3 Å². The van der Waals surface area contributed by atoms with Crippen molar-refractivity contribution < 1.29 is 4.79 Å². The summed E-state index contributed by atoms with van der Waals surface area (Å²) in [5.74, 6) is 1.55. The highest BCUT2D eigenvalue weighted by atomic mass is 35.5. The number of anilines is 1. The summed E-state index contributed by atoms with van der Waals surface area (Å²) in [7, 11) is 0. The van der Waals surface area contributed by atoms with Crippen molar-refractivity contribution in [1.82, 2.24) is 29.8 Å². The molecule has 4 aromatic rings. The molecule has 31 heavy (non-hydrogen) atoms. The van der Waals surface area contributed by atoms with E-state index in [4.69, 9.17) is 16.6 Å². The van der Waals surface area contributed by atoms with Gasteiger partial charge in [-0.1, -0.05) is 17.7 Å². The van der Waals surface area contributed by atoms with E-state index in [1.54, 1.807) is 11.3 Å². The summed E-state index contributed by atoms with van der Waals surface area (Å²) in [5.41, 5.74) is 1.54. The van der Waals surface area contributed by atoms with E-state index >= 15 is 0 Å². The molecule has 0 atom stereocenters. The molecule has 8 nitrogen and oxygen atoms in total. The summed E-state index contributed by atoms with van der Waals surface area (Å²) in [4.78, 5) is 22.4. The molecule has 1 aromatic carbocycles. The highest BCUT2D eigenvalue weighted by molar-refractivity contribution is 7.13. The number of nitrogens with zero attached hydrogens (tertiary/aromatic N) is 6. The molecule has 1 fully saturated rings. The van der Waals surface area contributed by atoms with Gasteiger partial charge in [-0.3, -0.25) is 0 Å². The zero-order chi connectivity index (χ0) is 21.4. The Kier molecular flexibility index (Phi) is 5.37. The van der Waals surface area contributed by atoms with Crippen LogP contribution in [-0.4, -0.2) is 63.2 Å². The van der Waals surface area contributed by atoms with Crippen molar-refractivity contribution in [3.63, 3.8) is 0 Å². The molecule has 4 heterocycles. The normalized spacial score (nSPS) is 14.9. The fourth-order valence-electron chi connectivity index (χ4n) is 3.95. The molecule has 5 rings (SSSR count). The Labute approximate surface area is 188 Å². The third-order valence-electron chi connectivity index (χ3n) is 5.42. The molecule has 1 saturated heterocycles. The van der Waals surface area contributed by atoms with Crippen LogP contribution in [0.15, 0.2) is 35.7 Å². The predicted molar refractivity (Wildman–Crippen MR) is 124 cm³/mol. The molecular weight excluding hydrogens is 434 g/mol. The summed E-state index contributed by atoms with van der Waals surface area (Å²) < 4.78 is 2.03. The van der Waals surface area contributed by atoms with E-state index in [-0.39, 0.29) is 6.03 Å². The average Bonchev–Trinajstić information content (AvgIpc) is 3.38. The molecule has 0 bridgehead atoms. The van der Waals surface area contributed by atoms with E-state index in [0.29, 0.717) is 31.2 Å². The van der Waals surface area contributed by atoms with Crippen LogP contribution in [0.2, 0.25) is 5.02 Å². The Morgan fingerprint density at radius 3 is 2.90 bits per heavy atom. The van der Waals surface area contributed by atoms with Gasteiger partial charge >= 0.3 is 6.03 Å². The number of aromatic nitrogens is 4. The quantitative estimate of drug-likeness (QED) is 0.507. The third-order valence-corrected chi connectivity index (χ3v) is 6.52. The second-order valence-electron chi connectivity index (χ2n) is 7.40. The van der Waals surface area contributed by atoms with Crippen LogP contribution < -0.4 is 10.2 Å². The Bertz CT molecular complexity index is 1240. The number of hydrogen-bond acceptors (Lipinski definition) is 6. The number of carbonyl (C=O) groups is 1. The van der Waals surface area contributed by atoms with Crippen molar-refractivity contribution in [3.05, 3.63) is 40.7 Å². The van der Waals surface area contributed by atoms with Gasteiger partial charge in [-0.25, -0.2) is 14.2 Å². The largest absolute Gasteiger partial charge is 0.340 e. The third kappa shape index (κ3) is 3.68. The maximum atomic E-state index is 12.3. The van der Waals surface area contributed by atoms with Crippen molar-refractivity contribution in [1.29, 1.82) is 0 Å². The fraction of sp³-hybridized carbons (Fsp3) is 0.333. The number of amides is 2. The van der Waals surface area contributed by atoms with Gasteiger partial charge in [0.15, 0.2) is 11.5 Å². The van der Waals surface area contributed by atoms with Crippen LogP contribution in [-0.2, 0) is 0 Å². The van der Waals surface area contributed by atoms with Crippen molar-refractivity contribution in [3.8, 4) is 10.7 Å². The highest BCUT2D eigenvalue weighted by Crippen LogP contribution is 2.31. The molecular formula is C21H22ClN7OS. The number of halogens is 1. The van der Waals surface area contributed by atoms with E-state index in [2.05, 4.69) is 20.4 Å². The van der Waals surface area contributed by atoms with Gasteiger partial charge in [0.1, 0.15) is 0 Å². The molecule has 0 radical (unpaired) electrons. The van der Waals surface area contributed by atoms with Gasteiger partial charge < -0.3 is 15.1 Å². The Morgan fingerprint density at radius 2 is 2.10 bits per heavy atom. The van der Waals surface area contributed by atoms with Crippen LogP contribution in [0.1, 0.15) is 13.3 Å². The summed E-state index contributed by atoms with van der Waals surface area (Å²) in [5, 5.41) is 15.5. The van der Waals surface area contributed by atoms with Crippen LogP contribution in [0, 0.1) is 0 Å². The topological polar surface area (TPSA) is 78.7 Å². The van der Waals surface area contributed by atoms with Gasteiger partial charge in [0, 0.05) is 43.1 Å². The molecule has 1 aliphatic rings. The lowest BCUT2D eigenvalue weighted by Gasteiger charge is -2.24. The van der Waals surface area contributed by atoms with E-state index in [1.165, 1.54) is 0 Å². The zero-order valence-corrected chi connectivity index (χ0v) is 18.7. The number of fused-ring (bicyclic) bond motifs is 3. The number of rotatable bonds is 3. The lowest BCUT2D eigenvalue weighted by molar-refractivity contribution is 0.202. The van der Waals surface area contributed by atoms with E-state index < -0.39 is 0 Å². The molecule has 10 heteroatoms. The minimum absolute atomic E-state index is 0.0173. The first-order chi connectivity index (χ1) is 15.2. The van der Waals surface area contributed by atoms with Crippen LogP contribution in [0.25, 0.3) is 27.3 Å². The van der Waals surface area contributed by atoms with Crippen molar-refractivity contribution in [2.24, 2.45) is 0 Å². The molecule has 0 spiro atoms. The predicted octanol–water partition coefficient (Wildman–Crippen LogP) is 3.90. The first kappa shape index (κ1) is 20.0. The van der Waals surface area contributed by atoms with Gasteiger partial charge in [0.25, 0.3) is 0 Å². The monoisotopic (exact) mass is 455 g/mol. The smallest absolute Gasteiger partial charge is 0.317 e. The molecule has 1 N–H and O–H groups in total. The average molecular weight is 456 g/mol. The summed E-state index contributed by atoms with van der Waals surface area (Å²) in [6.45, 7) is 5.35. The minimum atomic E-state index is -0.0173. The van der Waals surface area contributed by atoms with Crippen LogP contribution in [0.5, 0.6) is 0 Å². The lowest BCUT2D eigenvalue weighted by Crippen LogP contribution is -2.42. The van der Waals surface area contributed by atoms with Gasteiger partial charge in [-0.15, -0.1) is 21.5 Å². The minimum Gasteiger partial charge on any atom is -0.340 e. The summed E-state index contributed by atoms with van der Waals surface area (Å²) in [6, 6.07) is 9.67. The summed E-state index contributed by atoms with van der Waals surface area (Å²) >= 11 is 7.88. The zero-order valence-electron chi connectivity index (χ0n) is 17.1. The number of urea groups is 1. The standard InChI is InChI=1S/C21H22ClN7OS/c1-2-23-21(30)28-9-4-8-27(10-11-28)20-24-16-13-14(22)6-7-15(16)18-25-26-19(29(18)20)17-5-3-12-31-17/h3,5-7,12-13H,2,4,8-11H2,1H3,(H,23,30). The van der Waals surface area contributed by atoms with Crippen LogP contribution in [0.3, 0.4) is 0 Å². The molecule has 0 saturated carbocycles. The van der Waals surface area contributed by atoms with Gasteiger partial charge in [0.2, 0.25) is 5.95 Å².